The van der Waals surface area contributed by atoms with Gasteiger partial charge in [-0.25, -0.2) is 0 Å². The number of hydrogen-bond acceptors (Lipinski definition) is 3. The largest absolute Gasteiger partial charge is 0.472 e. The second kappa shape index (κ2) is 6.35. The van der Waals surface area contributed by atoms with Gasteiger partial charge in [-0.3, -0.25) is 4.79 Å². The number of amides is 1. The molecule has 0 bridgehead atoms. The molecule has 5 heteroatoms. The number of carbonyl (C=O) groups is 1. The summed E-state index contributed by atoms with van der Waals surface area (Å²) in [6.07, 6.45) is 4.08. The summed E-state index contributed by atoms with van der Waals surface area (Å²) in [6, 6.07) is 10.0. The van der Waals surface area contributed by atoms with Gasteiger partial charge in [0.05, 0.1) is 11.8 Å². The monoisotopic (exact) mass is 348 g/mol. The van der Waals surface area contributed by atoms with Gasteiger partial charge in [0.25, 0.3) is 5.91 Å². The maximum Gasteiger partial charge on any atom is 0.254 e. The average Bonchev–Trinajstić information content (AvgIpc) is 3.16. The predicted octanol–water partition coefficient (Wildman–Crippen LogP) is 3.30. The van der Waals surface area contributed by atoms with Gasteiger partial charge in [-0.1, -0.05) is 22.0 Å². The number of halogens is 1. The Morgan fingerprint density at radius 2 is 2.33 bits per heavy atom. The van der Waals surface area contributed by atoms with E-state index in [0.29, 0.717) is 18.0 Å². The zero-order chi connectivity index (χ0) is 14.7. The maximum absolute atomic E-state index is 11.9. The second-order valence-electron chi connectivity index (χ2n) is 5.30. The molecular formula is C16H17BrN2O2. The molecular weight excluding hydrogens is 332 g/mol. The van der Waals surface area contributed by atoms with Crippen molar-refractivity contribution < 1.29 is 9.21 Å². The zero-order valence-corrected chi connectivity index (χ0v) is 13.2. The molecule has 2 aromatic rings. The van der Waals surface area contributed by atoms with E-state index in [1.165, 1.54) is 18.2 Å². The molecule has 1 aromatic heterocycles. The Hall–Kier alpha value is -1.75. The fraction of sp³-hybridized carbons (Fsp3) is 0.312. The van der Waals surface area contributed by atoms with Crippen LogP contribution in [0.4, 0.5) is 5.69 Å². The standard InChI is InChI=1S/C16H17BrN2O2/c17-14-2-1-3-15(8-14)19-6-4-12(10-19)9-18-16(20)13-5-7-21-11-13/h1-3,5,7-8,11-12H,4,6,9-10H2,(H,18,20). The summed E-state index contributed by atoms with van der Waals surface area (Å²) >= 11 is 3.50. The summed E-state index contributed by atoms with van der Waals surface area (Å²) < 4.78 is 6.01. The molecule has 110 valence electrons. The van der Waals surface area contributed by atoms with Crippen molar-refractivity contribution in [2.45, 2.75) is 6.42 Å². The molecule has 1 saturated heterocycles. The zero-order valence-electron chi connectivity index (χ0n) is 11.6. The summed E-state index contributed by atoms with van der Waals surface area (Å²) in [4.78, 5) is 14.2. The average molecular weight is 349 g/mol. The van der Waals surface area contributed by atoms with Crippen molar-refractivity contribution in [1.82, 2.24) is 5.32 Å². The van der Waals surface area contributed by atoms with E-state index in [4.69, 9.17) is 4.42 Å². The van der Waals surface area contributed by atoms with Crippen LogP contribution in [0.1, 0.15) is 16.8 Å². The van der Waals surface area contributed by atoms with Crippen molar-refractivity contribution in [3.8, 4) is 0 Å². The minimum absolute atomic E-state index is 0.0651. The van der Waals surface area contributed by atoms with Crippen molar-refractivity contribution in [2.75, 3.05) is 24.5 Å². The van der Waals surface area contributed by atoms with E-state index in [9.17, 15) is 4.79 Å². The van der Waals surface area contributed by atoms with Crippen LogP contribution in [-0.2, 0) is 0 Å². The highest BCUT2D eigenvalue weighted by Crippen LogP contribution is 2.25. The molecule has 0 saturated carbocycles. The predicted molar refractivity (Wildman–Crippen MR) is 85.5 cm³/mol. The molecule has 4 nitrogen and oxygen atoms in total. The number of anilines is 1. The molecule has 1 fully saturated rings. The van der Waals surface area contributed by atoms with E-state index in [2.05, 4.69) is 38.3 Å². The van der Waals surface area contributed by atoms with Crippen molar-refractivity contribution in [2.24, 2.45) is 5.92 Å². The molecule has 1 aliphatic heterocycles. The summed E-state index contributed by atoms with van der Waals surface area (Å²) in [6.45, 7) is 2.71. The molecule has 1 unspecified atom stereocenters. The normalized spacial score (nSPS) is 18.0. The molecule has 1 N–H and O–H groups in total. The molecule has 3 rings (SSSR count). The molecule has 0 aliphatic carbocycles. The van der Waals surface area contributed by atoms with Crippen molar-refractivity contribution >= 4 is 27.5 Å². The second-order valence-corrected chi connectivity index (χ2v) is 6.22. The van der Waals surface area contributed by atoms with Crippen LogP contribution in [0.25, 0.3) is 0 Å². The van der Waals surface area contributed by atoms with Gasteiger partial charge in [-0.2, -0.15) is 0 Å². The van der Waals surface area contributed by atoms with E-state index < -0.39 is 0 Å². The van der Waals surface area contributed by atoms with Crippen molar-refractivity contribution in [3.05, 3.63) is 52.9 Å². The molecule has 1 aliphatic rings. The first-order valence-electron chi connectivity index (χ1n) is 7.03. The number of nitrogens with one attached hydrogen (secondary N) is 1. The molecule has 21 heavy (non-hydrogen) atoms. The van der Waals surface area contributed by atoms with Crippen LogP contribution in [0.15, 0.2) is 51.7 Å². The number of benzene rings is 1. The summed E-state index contributed by atoms with van der Waals surface area (Å²) in [5.41, 5.74) is 1.81. The highest BCUT2D eigenvalue weighted by atomic mass is 79.9. The van der Waals surface area contributed by atoms with Gasteiger partial charge in [-0.05, 0) is 36.6 Å². The smallest absolute Gasteiger partial charge is 0.254 e. The summed E-state index contributed by atoms with van der Waals surface area (Å²) in [5, 5.41) is 2.98. The van der Waals surface area contributed by atoms with Gasteiger partial charge >= 0.3 is 0 Å². The third-order valence-electron chi connectivity index (χ3n) is 3.79. The topological polar surface area (TPSA) is 45.5 Å². The van der Waals surface area contributed by atoms with Crippen LogP contribution in [0, 0.1) is 5.92 Å². The number of rotatable bonds is 4. The van der Waals surface area contributed by atoms with Gasteiger partial charge in [0.1, 0.15) is 6.26 Å². The fourth-order valence-corrected chi connectivity index (χ4v) is 3.03. The van der Waals surface area contributed by atoms with Crippen molar-refractivity contribution in [1.29, 1.82) is 0 Å². The molecule has 1 amide bonds. The van der Waals surface area contributed by atoms with Crippen molar-refractivity contribution in [3.63, 3.8) is 0 Å². The Balaban J connectivity index is 1.52. The van der Waals surface area contributed by atoms with Crippen LogP contribution in [-0.4, -0.2) is 25.5 Å². The molecule has 1 atom stereocenters. The lowest BCUT2D eigenvalue weighted by Gasteiger charge is -2.19. The van der Waals surface area contributed by atoms with Crippen LogP contribution in [0.3, 0.4) is 0 Å². The van der Waals surface area contributed by atoms with Crippen LogP contribution >= 0.6 is 15.9 Å². The van der Waals surface area contributed by atoms with Crippen LogP contribution in [0.2, 0.25) is 0 Å². The molecule has 0 spiro atoms. The number of hydrogen-bond donors (Lipinski definition) is 1. The Labute approximate surface area is 132 Å². The lowest BCUT2D eigenvalue weighted by Crippen LogP contribution is -2.30. The van der Waals surface area contributed by atoms with Gasteiger partial charge in [-0.15, -0.1) is 0 Å². The van der Waals surface area contributed by atoms with E-state index in [-0.39, 0.29) is 5.91 Å². The Morgan fingerprint density at radius 3 is 3.10 bits per heavy atom. The van der Waals surface area contributed by atoms with Gasteiger partial charge < -0.3 is 14.6 Å². The fourth-order valence-electron chi connectivity index (χ4n) is 2.64. The lowest BCUT2D eigenvalue weighted by molar-refractivity contribution is 0.0947. The first kappa shape index (κ1) is 14.2. The van der Waals surface area contributed by atoms with Gasteiger partial charge in [0, 0.05) is 29.8 Å². The highest BCUT2D eigenvalue weighted by molar-refractivity contribution is 9.10. The Morgan fingerprint density at radius 1 is 1.43 bits per heavy atom. The summed E-state index contributed by atoms with van der Waals surface area (Å²) in [5.74, 6) is 0.421. The summed E-state index contributed by atoms with van der Waals surface area (Å²) in [7, 11) is 0. The van der Waals surface area contributed by atoms with Crippen LogP contribution < -0.4 is 10.2 Å². The molecule has 2 heterocycles. The maximum atomic E-state index is 11.9. The quantitative estimate of drug-likeness (QED) is 0.921. The minimum Gasteiger partial charge on any atom is -0.472 e. The Bertz CT molecular complexity index is 612. The first-order chi connectivity index (χ1) is 10.2. The first-order valence-corrected chi connectivity index (χ1v) is 7.82. The third-order valence-corrected chi connectivity index (χ3v) is 4.29. The van der Waals surface area contributed by atoms with E-state index >= 15 is 0 Å². The number of nitrogens with zero attached hydrogens (tertiary/aromatic N) is 1. The lowest BCUT2D eigenvalue weighted by atomic mass is 10.1. The van der Waals surface area contributed by atoms with E-state index in [1.54, 1.807) is 6.07 Å². The van der Waals surface area contributed by atoms with Gasteiger partial charge in [0.15, 0.2) is 0 Å². The molecule has 0 radical (unpaired) electrons. The Kier molecular flexibility index (Phi) is 4.29. The SMILES string of the molecule is O=C(NCC1CCN(c2cccc(Br)c2)C1)c1ccoc1. The van der Waals surface area contributed by atoms with Crippen LogP contribution in [0.5, 0.6) is 0 Å². The van der Waals surface area contributed by atoms with Gasteiger partial charge in [0.2, 0.25) is 0 Å². The number of carbonyl (C=O) groups excluding carboxylic acids is 1. The number of furan rings is 1. The minimum atomic E-state index is -0.0651. The third kappa shape index (κ3) is 3.47. The van der Waals surface area contributed by atoms with E-state index in [0.717, 1.165) is 24.0 Å². The van der Waals surface area contributed by atoms with E-state index in [1.807, 2.05) is 12.1 Å². The molecule has 1 aromatic carbocycles. The highest BCUT2D eigenvalue weighted by Gasteiger charge is 2.23.